The number of nitrogens with zero attached hydrogens (tertiary/aromatic N) is 2. The van der Waals surface area contributed by atoms with Crippen molar-refractivity contribution in [2.24, 2.45) is 0 Å². The van der Waals surface area contributed by atoms with Crippen molar-refractivity contribution in [2.75, 3.05) is 4.72 Å². The van der Waals surface area contributed by atoms with E-state index in [0.717, 1.165) is 11.3 Å². The highest BCUT2D eigenvalue weighted by atomic mass is 32.2. The normalized spacial score (nSPS) is 12.6. The Bertz CT molecular complexity index is 588. The first-order chi connectivity index (χ1) is 8.85. The van der Waals surface area contributed by atoms with Crippen molar-refractivity contribution >= 4 is 32.5 Å². The van der Waals surface area contributed by atoms with E-state index in [1.807, 2.05) is 0 Å². The number of aryl methyl sites for hydroxylation is 1. The molecule has 1 heterocycles. The molecule has 2 N–H and O–H groups in total. The van der Waals surface area contributed by atoms with Gasteiger partial charge < -0.3 is 5.11 Å². The molecule has 19 heavy (non-hydrogen) atoms. The fourth-order valence-corrected chi connectivity index (χ4v) is 2.90. The Labute approximate surface area is 115 Å². The molecule has 1 atom stereocenters. The third-order valence-electron chi connectivity index (χ3n) is 2.25. The minimum atomic E-state index is -3.74. The topological polar surface area (TPSA) is 120 Å². The molecule has 0 aliphatic carbocycles. The number of aromatic nitrogens is 1. The Hall–Kier alpha value is -1.66. The number of rotatable bonds is 7. The van der Waals surface area contributed by atoms with Gasteiger partial charge >= 0.3 is 5.97 Å². The average molecular weight is 303 g/mol. The molecule has 104 valence electrons. The van der Waals surface area contributed by atoms with Crippen LogP contribution in [0.15, 0.2) is 5.38 Å². The molecule has 1 aromatic heterocycles. The summed E-state index contributed by atoms with van der Waals surface area (Å²) in [4.78, 5) is 14.4. The minimum Gasteiger partial charge on any atom is -0.481 e. The molecule has 0 saturated heterocycles. The first-order valence-corrected chi connectivity index (χ1v) is 7.85. The summed E-state index contributed by atoms with van der Waals surface area (Å²) in [6.45, 7) is 1.28. The summed E-state index contributed by atoms with van der Waals surface area (Å²) >= 11 is 1.10. The van der Waals surface area contributed by atoms with E-state index in [-0.39, 0.29) is 11.6 Å². The van der Waals surface area contributed by atoms with E-state index >= 15 is 0 Å². The van der Waals surface area contributed by atoms with Crippen LogP contribution in [0.5, 0.6) is 0 Å². The van der Waals surface area contributed by atoms with Gasteiger partial charge in [0.05, 0.1) is 11.8 Å². The third kappa shape index (κ3) is 4.84. The number of carboxylic acid groups (broad SMARTS) is 1. The van der Waals surface area contributed by atoms with Crippen molar-refractivity contribution in [1.29, 1.82) is 5.26 Å². The van der Waals surface area contributed by atoms with Crippen LogP contribution in [-0.2, 0) is 21.2 Å². The molecule has 0 aliphatic rings. The zero-order valence-electron chi connectivity index (χ0n) is 10.2. The molecule has 0 bridgehead atoms. The summed E-state index contributed by atoms with van der Waals surface area (Å²) in [7, 11) is -3.74. The summed E-state index contributed by atoms with van der Waals surface area (Å²) < 4.78 is 25.4. The predicted molar refractivity (Wildman–Crippen MR) is 70.3 cm³/mol. The smallest absolute Gasteiger partial charge is 0.303 e. The highest BCUT2D eigenvalue weighted by Crippen LogP contribution is 2.19. The second-order valence-corrected chi connectivity index (χ2v) is 6.67. The Morgan fingerprint density at radius 2 is 2.37 bits per heavy atom. The maximum Gasteiger partial charge on any atom is 0.303 e. The molecule has 0 spiro atoms. The van der Waals surface area contributed by atoms with E-state index in [0.29, 0.717) is 18.5 Å². The molecule has 0 amide bonds. The molecule has 0 aromatic carbocycles. The summed E-state index contributed by atoms with van der Waals surface area (Å²) in [5.41, 5.74) is 0.633. The quantitative estimate of drug-likeness (QED) is 0.781. The molecule has 0 fully saturated rings. The average Bonchev–Trinajstić information content (AvgIpc) is 2.74. The highest BCUT2D eigenvalue weighted by molar-refractivity contribution is 7.93. The van der Waals surface area contributed by atoms with Gasteiger partial charge in [0, 0.05) is 11.8 Å². The molecule has 1 rings (SSSR count). The zero-order chi connectivity index (χ0) is 14.5. The molecular formula is C10H13N3O4S2. The fraction of sp³-hybridized carbons (Fsp3) is 0.500. The van der Waals surface area contributed by atoms with E-state index in [1.165, 1.54) is 6.92 Å². The van der Waals surface area contributed by atoms with Gasteiger partial charge in [0.2, 0.25) is 0 Å². The highest BCUT2D eigenvalue weighted by Gasteiger charge is 2.21. The molecule has 0 radical (unpaired) electrons. The molecule has 7 nitrogen and oxygen atoms in total. The largest absolute Gasteiger partial charge is 0.481 e. The molecular weight excluding hydrogens is 290 g/mol. The van der Waals surface area contributed by atoms with Crippen molar-refractivity contribution in [1.82, 2.24) is 4.98 Å². The first kappa shape index (κ1) is 15.4. The van der Waals surface area contributed by atoms with Gasteiger partial charge in [0.25, 0.3) is 10.0 Å². The lowest BCUT2D eigenvalue weighted by atomic mass is 10.2. The van der Waals surface area contributed by atoms with Crippen molar-refractivity contribution in [3.05, 3.63) is 11.1 Å². The van der Waals surface area contributed by atoms with E-state index in [2.05, 4.69) is 9.71 Å². The van der Waals surface area contributed by atoms with Crippen LogP contribution in [-0.4, -0.2) is 29.7 Å². The number of aliphatic carboxylic acids is 1. The number of nitrogens with one attached hydrogen (secondary N) is 1. The molecule has 0 aliphatic heterocycles. The van der Waals surface area contributed by atoms with Crippen LogP contribution in [0, 0.1) is 11.3 Å². The van der Waals surface area contributed by atoms with Crippen molar-refractivity contribution in [2.45, 2.75) is 31.4 Å². The van der Waals surface area contributed by atoms with Gasteiger partial charge in [0.1, 0.15) is 0 Å². The van der Waals surface area contributed by atoms with E-state index < -0.39 is 21.2 Å². The van der Waals surface area contributed by atoms with Gasteiger partial charge in [-0.05, 0) is 19.8 Å². The monoisotopic (exact) mass is 303 g/mol. The van der Waals surface area contributed by atoms with Gasteiger partial charge in [-0.3, -0.25) is 9.52 Å². The maximum atomic E-state index is 11.6. The maximum absolute atomic E-state index is 11.6. The lowest BCUT2D eigenvalue weighted by Crippen LogP contribution is -2.23. The standard InChI is InChI=1S/C10H13N3O4S2/c1-7(5-11)19(16,17)13-10-12-8(6-18-10)3-2-4-9(14)15/h6-7H,2-4H2,1H3,(H,12,13)(H,14,15). The van der Waals surface area contributed by atoms with Crippen molar-refractivity contribution in [3.8, 4) is 6.07 Å². The van der Waals surface area contributed by atoms with Crippen molar-refractivity contribution in [3.63, 3.8) is 0 Å². The Kier molecular flexibility index (Phi) is 5.26. The van der Waals surface area contributed by atoms with Crippen LogP contribution in [0.2, 0.25) is 0 Å². The lowest BCUT2D eigenvalue weighted by Gasteiger charge is -2.05. The van der Waals surface area contributed by atoms with Crippen molar-refractivity contribution < 1.29 is 18.3 Å². The number of carboxylic acids is 1. The molecule has 9 heteroatoms. The van der Waals surface area contributed by atoms with Crippen LogP contribution >= 0.6 is 11.3 Å². The molecule has 0 saturated carbocycles. The van der Waals surface area contributed by atoms with E-state index in [1.54, 1.807) is 11.4 Å². The first-order valence-electron chi connectivity index (χ1n) is 5.42. The fourth-order valence-electron chi connectivity index (χ4n) is 1.17. The Balaban J connectivity index is 2.61. The summed E-state index contributed by atoms with van der Waals surface area (Å²) in [5.74, 6) is -0.876. The number of thiazole rings is 1. The number of sulfonamides is 1. The Morgan fingerprint density at radius 3 is 2.95 bits per heavy atom. The summed E-state index contributed by atoms with van der Waals surface area (Å²) in [5, 5.41) is 17.8. The van der Waals surface area contributed by atoms with E-state index in [9.17, 15) is 13.2 Å². The van der Waals surface area contributed by atoms with Crippen LogP contribution in [0.1, 0.15) is 25.5 Å². The van der Waals surface area contributed by atoms with Gasteiger partial charge in [-0.25, -0.2) is 13.4 Å². The lowest BCUT2D eigenvalue weighted by molar-refractivity contribution is -0.137. The second-order valence-electron chi connectivity index (χ2n) is 3.81. The van der Waals surface area contributed by atoms with Crippen LogP contribution in [0.3, 0.4) is 0 Å². The van der Waals surface area contributed by atoms with Gasteiger partial charge in [-0.2, -0.15) is 5.26 Å². The summed E-state index contributed by atoms with van der Waals surface area (Å²) in [6, 6.07) is 1.64. The van der Waals surface area contributed by atoms with Gasteiger partial charge in [-0.15, -0.1) is 11.3 Å². The SMILES string of the molecule is CC(C#N)S(=O)(=O)Nc1nc(CCCC(=O)O)cs1. The molecule has 1 aromatic rings. The predicted octanol–water partition coefficient (Wildman–Crippen LogP) is 1.20. The molecule has 1 unspecified atom stereocenters. The van der Waals surface area contributed by atoms with Crippen LogP contribution < -0.4 is 4.72 Å². The third-order valence-corrected chi connectivity index (χ3v) is 4.70. The second kappa shape index (κ2) is 6.49. The number of hydrogen-bond donors (Lipinski definition) is 2. The van der Waals surface area contributed by atoms with Crippen LogP contribution in [0.4, 0.5) is 5.13 Å². The van der Waals surface area contributed by atoms with Crippen LogP contribution in [0.25, 0.3) is 0 Å². The number of carbonyl (C=O) groups is 1. The number of anilines is 1. The van der Waals surface area contributed by atoms with Gasteiger partial charge in [0.15, 0.2) is 10.4 Å². The van der Waals surface area contributed by atoms with Gasteiger partial charge in [-0.1, -0.05) is 0 Å². The minimum absolute atomic E-state index is 0.0457. The van der Waals surface area contributed by atoms with E-state index in [4.69, 9.17) is 10.4 Å². The zero-order valence-corrected chi connectivity index (χ0v) is 11.8. The summed E-state index contributed by atoms with van der Waals surface area (Å²) in [6.07, 6.45) is 0.961. The number of hydrogen-bond acceptors (Lipinski definition) is 6. The Morgan fingerprint density at radius 1 is 1.68 bits per heavy atom. The number of nitriles is 1.